The van der Waals surface area contributed by atoms with Gasteiger partial charge in [0.15, 0.2) is 34.9 Å². The summed E-state index contributed by atoms with van der Waals surface area (Å²) in [6.07, 6.45) is 0. The number of ether oxygens (including phenoxy) is 2. The fourth-order valence-corrected chi connectivity index (χ4v) is 2.32. The number of carbonyl (C=O) groups excluding carboxylic acids is 1. The predicted octanol–water partition coefficient (Wildman–Crippen LogP) is 3.14. The molecule has 0 heterocycles. The Morgan fingerprint density at radius 3 is 2.38 bits per heavy atom. The summed E-state index contributed by atoms with van der Waals surface area (Å²) in [5.41, 5.74) is 0.149. The monoisotopic (exact) mass is 410 g/mol. The van der Waals surface area contributed by atoms with Crippen LogP contribution in [-0.4, -0.2) is 39.2 Å². The summed E-state index contributed by atoms with van der Waals surface area (Å²) in [5.74, 6) is -3.85. The molecule has 0 atom stereocenters. The summed E-state index contributed by atoms with van der Waals surface area (Å²) < 4.78 is 50.3. The van der Waals surface area contributed by atoms with E-state index < -0.39 is 29.0 Å². The molecule has 0 radical (unpaired) electrons. The molecule has 3 N–H and O–H groups in total. The van der Waals surface area contributed by atoms with Crippen molar-refractivity contribution >= 4 is 23.2 Å². The molecule has 0 aliphatic rings. The van der Waals surface area contributed by atoms with Crippen LogP contribution in [0.3, 0.4) is 0 Å². The van der Waals surface area contributed by atoms with E-state index in [0.717, 1.165) is 12.1 Å². The lowest BCUT2D eigenvalue weighted by Gasteiger charge is -2.14. The Morgan fingerprint density at radius 1 is 1.00 bits per heavy atom. The van der Waals surface area contributed by atoms with Gasteiger partial charge in [0.2, 0.25) is 5.91 Å². The lowest BCUT2D eigenvalue weighted by atomic mass is 10.2. The molecule has 0 unspecified atom stereocenters. The standard InChI is InChI=1S/C19H21F3N4O3/c1-4-23-19(25-11-5-8-14(28-2)15(9-11)29-3)24-10-16(27)26-13-7-6-12(20)17(21)18(13)22/h5-9H,4,10H2,1-3H3,(H,26,27)(H2,23,24,25). The van der Waals surface area contributed by atoms with Crippen molar-refractivity contribution in [3.05, 3.63) is 47.8 Å². The summed E-state index contributed by atoms with van der Waals surface area (Å²) in [6.45, 7) is 1.96. The molecule has 0 spiro atoms. The van der Waals surface area contributed by atoms with Crippen LogP contribution in [0.25, 0.3) is 0 Å². The van der Waals surface area contributed by atoms with Gasteiger partial charge in [0.1, 0.15) is 6.54 Å². The summed E-state index contributed by atoms with van der Waals surface area (Å²) in [4.78, 5) is 16.1. The number of halogens is 3. The molecule has 2 rings (SSSR count). The maximum absolute atomic E-state index is 13.7. The lowest BCUT2D eigenvalue weighted by Crippen LogP contribution is -2.32. The van der Waals surface area contributed by atoms with E-state index in [1.165, 1.54) is 14.2 Å². The molecule has 0 aromatic heterocycles. The van der Waals surface area contributed by atoms with Crippen LogP contribution in [0.5, 0.6) is 11.5 Å². The van der Waals surface area contributed by atoms with Crippen molar-refractivity contribution in [3.8, 4) is 11.5 Å². The van der Waals surface area contributed by atoms with Crippen LogP contribution in [0.1, 0.15) is 6.92 Å². The number of amides is 1. The van der Waals surface area contributed by atoms with E-state index in [-0.39, 0.29) is 12.5 Å². The van der Waals surface area contributed by atoms with Gasteiger partial charge in [-0.15, -0.1) is 0 Å². The molecule has 0 aliphatic carbocycles. The summed E-state index contributed by atoms with van der Waals surface area (Å²) in [5, 5.41) is 8.09. The minimum Gasteiger partial charge on any atom is -0.493 e. The van der Waals surface area contributed by atoms with E-state index in [1.54, 1.807) is 18.2 Å². The number of aliphatic imine (C=N–C) groups is 1. The van der Waals surface area contributed by atoms with Crippen molar-refractivity contribution in [2.24, 2.45) is 4.99 Å². The predicted molar refractivity (Wildman–Crippen MR) is 104 cm³/mol. The topological polar surface area (TPSA) is 84.0 Å². The number of nitrogens with one attached hydrogen (secondary N) is 3. The number of carbonyl (C=O) groups is 1. The van der Waals surface area contributed by atoms with Gasteiger partial charge in [-0.25, -0.2) is 18.2 Å². The van der Waals surface area contributed by atoms with Gasteiger partial charge >= 0.3 is 0 Å². The zero-order chi connectivity index (χ0) is 21.4. The molecule has 0 saturated heterocycles. The van der Waals surface area contributed by atoms with Crippen molar-refractivity contribution in [3.63, 3.8) is 0 Å². The van der Waals surface area contributed by atoms with E-state index in [4.69, 9.17) is 9.47 Å². The molecular weight excluding hydrogens is 389 g/mol. The first kappa shape index (κ1) is 21.9. The molecule has 156 valence electrons. The van der Waals surface area contributed by atoms with Crippen LogP contribution in [0.4, 0.5) is 24.5 Å². The Labute approximate surface area is 165 Å². The highest BCUT2D eigenvalue weighted by atomic mass is 19.2. The van der Waals surface area contributed by atoms with Gasteiger partial charge in [0.25, 0.3) is 0 Å². The molecule has 29 heavy (non-hydrogen) atoms. The van der Waals surface area contributed by atoms with Crippen LogP contribution >= 0.6 is 0 Å². The second-order valence-corrected chi connectivity index (χ2v) is 5.66. The van der Waals surface area contributed by atoms with Crippen LogP contribution in [0, 0.1) is 17.5 Å². The first-order valence-electron chi connectivity index (χ1n) is 8.60. The third-order valence-corrected chi connectivity index (χ3v) is 3.68. The average molecular weight is 410 g/mol. The Kier molecular flexibility index (Phi) is 7.70. The van der Waals surface area contributed by atoms with E-state index >= 15 is 0 Å². The van der Waals surface area contributed by atoms with Gasteiger partial charge in [-0.1, -0.05) is 0 Å². The Morgan fingerprint density at radius 2 is 1.72 bits per heavy atom. The van der Waals surface area contributed by atoms with E-state index in [2.05, 4.69) is 20.9 Å². The first-order chi connectivity index (χ1) is 13.9. The smallest absolute Gasteiger partial charge is 0.246 e. The maximum Gasteiger partial charge on any atom is 0.246 e. The quantitative estimate of drug-likeness (QED) is 0.371. The van der Waals surface area contributed by atoms with Crippen LogP contribution in [-0.2, 0) is 4.79 Å². The normalized spacial score (nSPS) is 11.0. The van der Waals surface area contributed by atoms with Crippen molar-refractivity contribution in [2.45, 2.75) is 6.92 Å². The minimum absolute atomic E-state index is 0.278. The van der Waals surface area contributed by atoms with Crippen molar-refractivity contribution < 1.29 is 27.4 Å². The number of benzene rings is 2. The van der Waals surface area contributed by atoms with Gasteiger partial charge in [-0.3, -0.25) is 4.79 Å². The van der Waals surface area contributed by atoms with E-state index in [1.807, 2.05) is 6.92 Å². The number of rotatable bonds is 7. The Hall–Kier alpha value is -3.43. The number of nitrogens with zero attached hydrogens (tertiary/aromatic N) is 1. The van der Waals surface area contributed by atoms with Gasteiger partial charge in [0.05, 0.1) is 19.9 Å². The van der Waals surface area contributed by atoms with Crippen LogP contribution in [0.2, 0.25) is 0 Å². The van der Waals surface area contributed by atoms with Crippen molar-refractivity contribution in [1.29, 1.82) is 0 Å². The third kappa shape index (κ3) is 5.77. The van der Waals surface area contributed by atoms with Gasteiger partial charge < -0.3 is 25.4 Å². The number of hydrogen-bond donors (Lipinski definition) is 3. The molecule has 2 aromatic carbocycles. The van der Waals surface area contributed by atoms with Gasteiger partial charge in [-0.2, -0.15) is 0 Å². The van der Waals surface area contributed by atoms with Crippen molar-refractivity contribution in [1.82, 2.24) is 5.32 Å². The van der Waals surface area contributed by atoms with Gasteiger partial charge in [-0.05, 0) is 31.2 Å². The first-order valence-corrected chi connectivity index (χ1v) is 8.60. The fourth-order valence-electron chi connectivity index (χ4n) is 2.32. The zero-order valence-corrected chi connectivity index (χ0v) is 16.1. The molecule has 1 amide bonds. The SMILES string of the molecule is CCNC(=NCC(=O)Nc1ccc(F)c(F)c1F)Nc1ccc(OC)c(OC)c1. The Balaban J connectivity index is 2.09. The zero-order valence-electron chi connectivity index (χ0n) is 16.1. The Bertz CT molecular complexity index is 907. The largest absolute Gasteiger partial charge is 0.493 e. The fraction of sp³-hybridized carbons (Fsp3) is 0.263. The number of anilines is 2. The molecule has 2 aromatic rings. The number of hydrogen-bond acceptors (Lipinski definition) is 4. The molecule has 0 bridgehead atoms. The highest BCUT2D eigenvalue weighted by molar-refractivity contribution is 5.98. The van der Waals surface area contributed by atoms with E-state index in [0.29, 0.717) is 23.7 Å². The van der Waals surface area contributed by atoms with Crippen molar-refractivity contribution in [2.75, 3.05) is 37.9 Å². The van der Waals surface area contributed by atoms with E-state index in [9.17, 15) is 18.0 Å². The molecule has 7 nitrogen and oxygen atoms in total. The molecule has 0 fully saturated rings. The molecule has 0 saturated carbocycles. The summed E-state index contributed by atoms with van der Waals surface area (Å²) >= 11 is 0. The second kappa shape index (κ2) is 10.2. The van der Waals surface area contributed by atoms with Crippen LogP contribution < -0.4 is 25.4 Å². The third-order valence-electron chi connectivity index (χ3n) is 3.68. The maximum atomic E-state index is 13.7. The average Bonchev–Trinajstić information content (AvgIpc) is 2.72. The van der Waals surface area contributed by atoms with Crippen LogP contribution in [0.15, 0.2) is 35.3 Å². The number of methoxy groups -OCH3 is 2. The highest BCUT2D eigenvalue weighted by Gasteiger charge is 2.15. The highest BCUT2D eigenvalue weighted by Crippen LogP contribution is 2.29. The molecular formula is C19H21F3N4O3. The summed E-state index contributed by atoms with van der Waals surface area (Å²) in [7, 11) is 3.02. The summed E-state index contributed by atoms with van der Waals surface area (Å²) in [6, 6.07) is 6.76. The van der Waals surface area contributed by atoms with Gasteiger partial charge in [0, 0.05) is 18.3 Å². The lowest BCUT2D eigenvalue weighted by molar-refractivity contribution is -0.114. The minimum atomic E-state index is -1.66. The molecule has 0 aliphatic heterocycles. The second-order valence-electron chi connectivity index (χ2n) is 5.66. The molecule has 10 heteroatoms. The number of guanidine groups is 1.